The van der Waals surface area contributed by atoms with Crippen LogP contribution in [0.25, 0.3) is 0 Å². The van der Waals surface area contributed by atoms with Crippen molar-refractivity contribution >= 4 is 0 Å². The standard InChI is InChI=1S/C16H25NO2/c1-3-5-7-12(6-4-2)16(17)13-8-9-14-15(10-13)19-11-18-14/h8-10,12,16H,3-7,11,17H2,1-2H3. The van der Waals surface area contributed by atoms with Gasteiger partial charge in [-0.05, 0) is 36.5 Å². The van der Waals surface area contributed by atoms with Crippen LogP contribution in [-0.4, -0.2) is 6.79 Å². The van der Waals surface area contributed by atoms with Gasteiger partial charge in [-0.1, -0.05) is 39.2 Å². The predicted molar refractivity (Wildman–Crippen MR) is 77.4 cm³/mol. The van der Waals surface area contributed by atoms with Gasteiger partial charge in [0.15, 0.2) is 11.5 Å². The van der Waals surface area contributed by atoms with E-state index in [9.17, 15) is 0 Å². The molecule has 0 radical (unpaired) electrons. The third kappa shape index (κ3) is 3.41. The van der Waals surface area contributed by atoms with Crippen LogP contribution in [0.5, 0.6) is 11.5 Å². The van der Waals surface area contributed by atoms with Crippen molar-refractivity contribution in [2.24, 2.45) is 11.7 Å². The van der Waals surface area contributed by atoms with Crippen molar-refractivity contribution in [1.82, 2.24) is 0 Å². The molecule has 106 valence electrons. The molecule has 19 heavy (non-hydrogen) atoms. The molecule has 1 aliphatic heterocycles. The summed E-state index contributed by atoms with van der Waals surface area (Å²) >= 11 is 0. The van der Waals surface area contributed by atoms with Gasteiger partial charge in [0.2, 0.25) is 6.79 Å². The second-order valence-electron chi connectivity index (χ2n) is 5.33. The maximum absolute atomic E-state index is 6.46. The Bertz CT molecular complexity index is 406. The molecule has 2 atom stereocenters. The molecule has 3 nitrogen and oxygen atoms in total. The van der Waals surface area contributed by atoms with E-state index in [4.69, 9.17) is 15.2 Å². The molecule has 3 heteroatoms. The minimum atomic E-state index is 0.0981. The van der Waals surface area contributed by atoms with Gasteiger partial charge in [0.1, 0.15) is 0 Å². The Kier molecular flexibility index (Phi) is 5.08. The van der Waals surface area contributed by atoms with Crippen molar-refractivity contribution in [3.05, 3.63) is 23.8 Å². The Morgan fingerprint density at radius 2 is 1.89 bits per heavy atom. The van der Waals surface area contributed by atoms with E-state index in [1.807, 2.05) is 12.1 Å². The predicted octanol–water partition coefficient (Wildman–Crippen LogP) is 4.02. The summed E-state index contributed by atoms with van der Waals surface area (Å²) < 4.78 is 10.8. The molecular formula is C16H25NO2. The van der Waals surface area contributed by atoms with Crippen molar-refractivity contribution in [2.45, 2.75) is 52.0 Å². The first-order valence-electron chi connectivity index (χ1n) is 7.41. The minimum Gasteiger partial charge on any atom is -0.454 e. The van der Waals surface area contributed by atoms with E-state index >= 15 is 0 Å². The largest absolute Gasteiger partial charge is 0.454 e. The highest BCUT2D eigenvalue weighted by Gasteiger charge is 2.21. The fourth-order valence-electron chi connectivity index (χ4n) is 2.73. The van der Waals surface area contributed by atoms with Crippen molar-refractivity contribution < 1.29 is 9.47 Å². The molecule has 0 amide bonds. The number of ether oxygens (including phenoxy) is 2. The molecule has 1 aromatic rings. The Morgan fingerprint density at radius 3 is 2.63 bits per heavy atom. The molecule has 0 fully saturated rings. The first kappa shape index (κ1) is 14.2. The maximum Gasteiger partial charge on any atom is 0.231 e. The molecule has 2 rings (SSSR count). The van der Waals surface area contributed by atoms with Crippen molar-refractivity contribution in [3.8, 4) is 11.5 Å². The number of nitrogens with two attached hydrogens (primary N) is 1. The fourth-order valence-corrected chi connectivity index (χ4v) is 2.73. The molecule has 0 saturated heterocycles. The number of unbranched alkanes of at least 4 members (excludes halogenated alkanes) is 1. The highest BCUT2D eigenvalue weighted by molar-refractivity contribution is 5.45. The molecule has 0 spiro atoms. The van der Waals surface area contributed by atoms with E-state index in [-0.39, 0.29) is 6.04 Å². The summed E-state index contributed by atoms with van der Waals surface area (Å²) in [5.41, 5.74) is 7.63. The van der Waals surface area contributed by atoms with Gasteiger partial charge in [0.05, 0.1) is 0 Å². The van der Waals surface area contributed by atoms with Crippen LogP contribution in [0, 0.1) is 5.92 Å². The topological polar surface area (TPSA) is 44.5 Å². The van der Waals surface area contributed by atoms with Gasteiger partial charge in [0, 0.05) is 6.04 Å². The Labute approximate surface area is 116 Å². The Balaban J connectivity index is 2.09. The van der Waals surface area contributed by atoms with E-state index < -0.39 is 0 Å². The third-order valence-electron chi connectivity index (χ3n) is 3.88. The molecule has 0 aliphatic carbocycles. The molecule has 0 bridgehead atoms. The highest BCUT2D eigenvalue weighted by Crippen LogP contribution is 2.36. The summed E-state index contributed by atoms with van der Waals surface area (Å²) in [5, 5.41) is 0. The minimum absolute atomic E-state index is 0.0981. The smallest absolute Gasteiger partial charge is 0.231 e. The lowest BCUT2D eigenvalue weighted by Crippen LogP contribution is -2.21. The summed E-state index contributed by atoms with van der Waals surface area (Å²) in [7, 11) is 0. The van der Waals surface area contributed by atoms with E-state index in [1.165, 1.54) is 37.7 Å². The summed E-state index contributed by atoms with van der Waals surface area (Å²) in [6.45, 7) is 4.78. The normalized spacial score (nSPS) is 16.4. The van der Waals surface area contributed by atoms with Gasteiger partial charge in [-0.15, -0.1) is 0 Å². The molecule has 1 aliphatic rings. The lowest BCUT2D eigenvalue weighted by atomic mass is 9.86. The van der Waals surface area contributed by atoms with E-state index in [0.29, 0.717) is 12.7 Å². The van der Waals surface area contributed by atoms with Gasteiger partial charge in [-0.3, -0.25) is 0 Å². The average Bonchev–Trinajstić information content (AvgIpc) is 2.90. The van der Waals surface area contributed by atoms with Crippen molar-refractivity contribution in [3.63, 3.8) is 0 Å². The second kappa shape index (κ2) is 6.80. The average molecular weight is 263 g/mol. The number of hydrogen-bond acceptors (Lipinski definition) is 3. The van der Waals surface area contributed by atoms with Crippen LogP contribution >= 0.6 is 0 Å². The number of benzene rings is 1. The zero-order valence-corrected chi connectivity index (χ0v) is 12.0. The van der Waals surface area contributed by atoms with Gasteiger partial charge < -0.3 is 15.2 Å². The maximum atomic E-state index is 6.46. The summed E-state index contributed by atoms with van der Waals surface area (Å²) in [6, 6.07) is 6.19. The molecule has 0 saturated carbocycles. The first-order valence-corrected chi connectivity index (χ1v) is 7.41. The molecule has 2 unspecified atom stereocenters. The zero-order valence-electron chi connectivity index (χ0n) is 12.0. The van der Waals surface area contributed by atoms with E-state index in [1.54, 1.807) is 0 Å². The van der Waals surface area contributed by atoms with Crippen LogP contribution in [0.4, 0.5) is 0 Å². The highest BCUT2D eigenvalue weighted by atomic mass is 16.7. The van der Waals surface area contributed by atoms with Crippen LogP contribution in [0.3, 0.4) is 0 Å². The van der Waals surface area contributed by atoms with Gasteiger partial charge in [-0.25, -0.2) is 0 Å². The monoisotopic (exact) mass is 263 g/mol. The fraction of sp³-hybridized carbons (Fsp3) is 0.625. The molecule has 1 heterocycles. The molecule has 0 aromatic heterocycles. The van der Waals surface area contributed by atoms with Gasteiger partial charge in [0.25, 0.3) is 0 Å². The zero-order chi connectivity index (χ0) is 13.7. The van der Waals surface area contributed by atoms with Crippen LogP contribution in [0.1, 0.15) is 57.6 Å². The summed E-state index contributed by atoms with van der Waals surface area (Å²) in [5.74, 6) is 2.22. The van der Waals surface area contributed by atoms with E-state index in [0.717, 1.165) is 11.5 Å². The second-order valence-corrected chi connectivity index (χ2v) is 5.33. The summed E-state index contributed by atoms with van der Waals surface area (Å²) in [4.78, 5) is 0. The molecule has 2 N–H and O–H groups in total. The van der Waals surface area contributed by atoms with Crippen LogP contribution in [0.15, 0.2) is 18.2 Å². The number of fused-ring (bicyclic) bond motifs is 1. The molecule has 1 aromatic carbocycles. The summed E-state index contributed by atoms with van der Waals surface area (Å²) in [6.07, 6.45) is 6.07. The van der Waals surface area contributed by atoms with Crippen molar-refractivity contribution in [1.29, 1.82) is 0 Å². The number of hydrogen-bond donors (Lipinski definition) is 1. The first-order chi connectivity index (χ1) is 9.26. The SMILES string of the molecule is CCCCC(CCC)C(N)c1ccc2c(c1)OCO2. The van der Waals surface area contributed by atoms with Gasteiger partial charge >= 0.3 is 0 Å². The lowest BCUT2D eigenvalue weighted by molar-refractivity contribution is 0.174. The number of rotatable bonds is 7. The van der Waals surface area contributed by atoms with Crippen LogP contribution < -0.4 is 15.2 Å². The van der Waals surface area contributed by atoms with Gasteiger partial charge in [-0.2, -0.15) is 0 Å². The Morgan fingerprint density at radius 1 is 1.11 bits per heavy atom. The quantitative estimate of drug-likeness (QED) is 0.808. The Hall–Kier alpha value is -1.22. The third-order valence-corrected chi connectivity index (χ3v) is 3.88. The van der Waals surface area contributed by atoms with Crippen LogP contribution in [0.2, 0.25) is 0 Å². The van der Waals surface area contributed by atoms with E-state index in [2.05, 4.69) is 19.9 Å². The lowest BCUT2D eigenvalue weighted by Gasteiger charge is -2.24. The van der Waals surface area contributed by atoms with Crippen LogP contribution in [-0.2, 0) is 0 Å². The van der Waals surface area contributed by atoms with Crippen molar-refractivity contribution in [2.75, 3.05) is 6.79 Å². The molecular weight excluding hydrogens is 238 g/mol.